The van der Waals surface area contributed by atoms with Crippen molar-refractivity contribution in [3.8, 4) is 0 Å². The van der Waals surface area contributed by atoms with Crippen LogP contribution < -0.4 is 15.5 Å². The third-order valence-corrected chi connectivity index (χ3v) is 7.21. The molecule has 3 amide bonds. The van der Waals surface area contributed by atoms with Gasteiger partial charge < -0.3 is 20.3 Å². The van der Waals surface area contributed by atoms with Crippen LogP contribution in [0.2, 0.25) is 0 Å². The predicted octanol–water partition coefficient (Wildman–Crippen LogP) is 3.30. The fourth-order valence-electron chi connectivity index (χ4n) is 5.03. The van der Waals surface area contributed by atoms with E-state index in [1.165, 1.54) is 0 Å². The number of carbonyl (C=O) groups excluding carboxylic acids is 4. The zero-order valence-corrected chi connectivity index (χ0v) is 20.8. The summed E-state index contributed by atoms with van der Waals surface area (Å²) in [5.74, 6) is -2.54. The largest absolute Gasteiger partial charge is 0.455 e. The molecule has 0 saturated heterocycles. The van der Waals surface area contributed by atoms with Crippen LogP contribution in [0.4, 0.5) is 11.4 Å². The molecule has 1 heterocycles. The van der Waals surface area contributed by atoms with Crippen LogP contribution in [0.3, 0.4) is 0 Å². The number of ether oxygens (including phenoxy) is 1. The molecule has 2 aromatic carbocycles. The number of esters is 1. The summed E-state index contributed by atoms with van der Waals surface area (Å²) in [6, 6.07) is 13.4. The molecule has 0 radical (unpaired) electrons. The Labute approximate surface area is 211 Å². The minimum atomic E-state index is -0.570. The third-order valence-electron chi connectivity index (χ3n) is 7.21. The van der Waals surface area contributed by atoms with E-state index in [9.17, 15) is 19.2 Å². The molecule has 4 rings (SSSR count). The number of hydrogen-bond donors (Lipinski definition) is 2. The van der Waals surface area contributed by atoms with E-state index in [0.717, 1.165) is 41.6 Å². The van der Waals surface area contributed by atoms with E-state index in [0.29, 0.717) is 25.1 Å². The van der Waals surface area contributed by atoms with Crippen molar-refractivity contribution in [3.63, 3.8) is 0 Å². The molecule has 0 aromatic heterocycles. The van der Waals surface area contributed by atoms with Crippen LogP contribution >= 0.6 is 0 Å². The van der Waals surface area contributed by atoms with E-state index in [-0.39, 0.29) is 18.4 Å². The number of aryl methyl sites for hydroxylation is 1. The van der Waals surface area contributed by atoms with Crippen molar-refractivity contribution in [1.82, 2.24) is 5.32 Å². The van der Waals surface area contributed by atoms with Crippen LogP contribution in [0.15, 0.2) is 42.5 Å². The maximum absolute atomic E-state index is 13.4. The summed E-state index contributed by atoms with van der Waals surface area (Å²) in [5.41, 5.74) is 4.75. The second kappa shape index (κ2) is 11.4. The van der Waals surface area contributed by atoms with E-state index < -0.39 is 30.3 Å². The highest BCUT2D eigenvalue weighted by Crippen LogP contribution is 2.36. The molecule has 0 spiro atoms. The Balaban J connectivity index is 1.27. The highest BCUT2D eigenvalue weighted by molar-refractivity contribution is 5.99. The number of anilines is 2. The molecule has 1 saturated carbocycles. The lowest BCUT2D eigenvalue weighted by atomic mass is 9.78. The molecule has 0 bridgehead atoms. The van der Waals surface area contributed by atoms with Gasteiger partial charge in [0, 0.05) is 17.9 Å². The molecule has 2 atom stereocenters. The molecule has 2 N–H and O–H groups in total. The summed E-state index contributed by atoms with van der Waals surface area (Å²) < 4.78 is 5.29. The minimum absolute atomic E-state index is 0.0471. The summed E-state index contributed by atoms with van der Waals surface area (Å²) in [7, 11) is 0. The van der Waals surface area contributed by atoms with Gasteiger partial charge in [-0.2, -0.15) is 0 Å². The first-order valence-electron chi connectivity index (χ1n) is 12.5. The highest BCUT2D eigenvalue weighted by atomic mass is 16.5. The normalized spacial score (nSPS) is 18.8. The zero-order chi connectivity index (χ0) is 25.7. The predicted molar refractivity (Wildman–Crippen MR) is 136 cm³/mol. The lowest BCUT2D eigenvalue weighted by molar-refractivity contribution is -0.157. The molecule has 8 nitrogen and oxygen atoms in total. The number of rotatable bonds is 7. The van der Waals surface area contributed by atoms with Crippen LogP contribution in [-0.2, 0) is 30.3 Å². The molecule has 1 aliphatic carbocycles. The Kier molecular flexibility index (Phi) is 8.03. The Morgan fingerprint density at radius 3 is 2.50 bits per heavy atom. The summed E-state index contributed by atoms with van der Waals surface area (Å²) in [6.45, 7) is 3.76. The van der Waals surface area contributed by atoms with Crippen LogP contribution in [0.1, 0.15) is 42.4 Å². The van der Waals surface area contributed by atoms with E-state index >= 15 is 0 Å². The first kappa shape index (κ1) is 25.4. The maximum atomic E-state index is 13.4. The van der Waals surface area contributed by atoms with Gasteiger partial charge in [-0.1, -0.05) is 43.2 Å². The van der Waals surface area contributed by atoms with Crippen LogP contribution in [0.25, 0.3) is 0 Å². The molecular weight excluding hydrogens is 458 g/mol. The fraction of sp³-hybridized carbons (Fsp3) is 0.429. The number of para-hydroxylation sites is 1. The highest BCUT2D eigenvalue weighted by Gasteiger charge is 2.40. The first-order chi connectivity index (χ1) is 17.3. The average Bonchev–Trinajstić information content (AvgIpc) is 3.32. The van der Waals surface area contributed by atoms with Crippen molar-refractivity contribution in [1.29, 1.82) is 0 Å². The average molecular weight is 492 g/mol. The number of amides is 3. The van der Waals surface area contributed by atoms with Crippen molar-refractivity contribution < 1.29 is 23.9 Å². The van der Waals surface area contributed by atoms with Crippen LogP contribution in [0, 0.1) is 25.7 Å². The summed E-state index contributed by atoms with van der Waals surface area (Å²) >= 11 is 0. The molecule has 1 fully saturated rings. The SMILES string of the molecule is Cc1cccc(NC(=O)CNC(=O)COC(=O)C2CCCCC2C(=O)N2CCc3ccccc32)c1C. The standard InChI is InChI=1S/C28H33N3O5/c1-18-8-7-12-23(19(18)2)30-25(32)16-29-26(33)17-36-28(35)22-11-5-4-10-21(22)27(34)31-15-14-20-9-3-6-13-24(20)31/h3,6-9,12-13,21-22H,4-5,10-11,14-17H2,1-2H3,(H,29,33)(H,30,32). The lowest BCUT2D eigenvalue weighted by Gasteiger charge is -2.32. The van der Waals surface area contributed by atoms with Gasteiger partial charge in [-0.05, 0) is 61.9 Å². The lowest BCUT2D eigenvalue weighted by Crippen LogP contribution is -2.43. The maximum Gasteiger partial charge on any atom is 0.310 e. The Bertz CT molecular complexity index is 1160. The second-order valence-corrected chi connectivity index (χ2v) is 9.55. The monoisotopic (exact) mass is 491 g/mol. The number of nitrogens with one attached hydrogen (secondary N) is 2. The van der Waals surface area contributed by atoms with E-state index in [4.69, 9.17) is 4.74 Å². The van der Waals surface area contributed by atoms with Gasteiger partial charge in [0.15, 0.2) is 6.61 Å². The molecular formula is C28H33N3O5. The third kappa shape index (κ3) is 5.75. The molecule has 190 valence electrons. The summed E-state index contributed by atoms with van der Waals surface area (Å²) in [6.07, 6.45) is 3.71. The van der Waals surface area contributed by atoms with E-state index in [2.05, 4.69) is 10.6 Å². The molecule has 2 unspecified atom stereocenters. The fourth-order valence-corrected chi connectivity index (χ4v) is 5.03. The van der Waals surface area contributed by atoms with Crippen LogP contribution in [0.5, 0.6) is 0 Å². The van der Waals surface area contributed by atoms with E-state index in [1.807, 2.05) is 50.2 Å². The second-order valence-electron chi connectivity index (χ2n) is 9.55. The van der Waals surface area contributed by atoms with Gasteiger partial charge in [0.2, 0.25) is 11.8 Å². The number of hydrogen-bond acceptors (Lipinski definition) is 5. The van der Waals surface area contributed by atoms with Gasteiger partial charge in [0.05, 0.1) is 18.4 Å². The van der Waals surface area contributed by atoms with Gasteiger partial charge in [-0.3, -0.25) is 19.2 Å². The van der Waals surface area contributed by atoms with Gasteiger partial charge in [0.25, 0.3) is 5.91 Å². The van der Waals surface area contributed by atoms with Gasteiger partial charge in [0.1, 0.15) is 0 Å². The molecule has 2 aromatic rings. The Morgan fingerprint density at radius 1 is 0.944 bits per heavy atom. The van der Waals surface area contributed by atoms with Crippen molar-refractivity contribution in [2.45, 2.75) is 46.0 Å². The summed E-state index contributed by atoms with van der Waals surface area (Å²) in [5, 5.41) is 5.25. The van der Waals surface area contributed by atoms with Gasteiger partial charge >= 0.3 is 5.97 Å². The summed E-state index contributed by atoms with van der Waals surface area (Å²) in [4.78, 5) is 52.5. The molecule has 1 aliphatic heterocycles. The zero-order valence-electron chi connectivity index (χ0n) is 20.8. The number of carbonyl (C=O) groups is 4. The Hall–Kier alpha value is -3.68. The van der Waals surface area contributed by atoms with Crippen molar-refractivity contribution in [2.24, 2.45) is 11.8 Å². The van der Waals surface area contributed by atoms with Crippen molar-refractivity contribution >= 4 is 35.1 Å². The minimum Gasteiger partial charge on any atom is -0.455 e. The van der Waals surface area contributed by atoms with Gasteiger partial charge in [-0.25, -0.2) is 0 Å². The van der Waals surface area contributed by atoms with E-state index in [1.54, 1.807) is 11.0 Å². The Morgan fingerprint density at radius 2 is 1.69 bits per heavy atom. The smallest absolute Gasteiger partial charge is 0.310 e. The quantitative estimate of drug-likeness (QED) is 0.579. The molecule has 8 heteroatoms. The van der Waals surface area contributed by atoms with Crippen LogP contribution in [-0.4, -0.2) is 43.4 Å². The molecule has 36 heavy (non-hydrogen) atoms. The topological polar surface area (TPSA) is 105 Å². The number of nitrogens with zero attached hydrogens (tertiary/aromatic N) is 1. The molecule has 2 aliphatic rings. The first-order valence-corrected chi connectivity index (χ1v) is 12.5. The number of benzene rings is 2. The number of fused-ring (bicyclic) bond motifs is 1. The van der Waals surface area contributed by atoms with Crippen molar-refractivity contribution in [2.75, 3.05) is 29.9 Å². The van der Waals surface area contributed by atoms with Crippen molar-refractivity contribution in [3.05, 3.63) is 59.2 Å². The van der Waals surface area contributed by atoms with Gasteiger partial charge in [-0.15, -0.1) is 0 Å².